The van der Waals surface area contributed by atoms with Gasteiger partial charge in [-0.3, -0.25) is 9.52 Å². The second kappa shape index (κ2) is 12.8. The Morgan fingerprint density at radius 3 is 2.23 bits per heavy atom. The first-order valence-corrected chi connectivity index (χ1v) is 15.1. The van der Waals surface area contributed by atoms with E-state index in [1.807, 2.05) is 24.3 Å². The third-order valence-electron chi connectivity index (χ3n) is 6.18. The summed E-state index contributed by atoms with van der Waals surface area (Å²) in [6.45, 7) is 0. The fourth-order valence-electron chi connectivity index (χ4n) is 4.11. The molecule has 8 nitrogen and oxygen atoms in total. The fourth-order valence-corrected chi connectivity index (χ4v) is 5.80. The number of hydrogen-bond donors (Lipinski definition) is 2. The van der Waals surface area contributed by atoms with Crippen LogP contribution >= 0.6 is 34.8 Å². The van der Waals surface area contributed by atoms with Gasteiger partial charge in [0.15, 0.2) is 0 Å². The highest BCUT2D eigenvalue weighted by molar-refractivity contribution is 7.92. The molecule has 0 saturated carbocycles. The van der Waals surface area contributed by atoms with E-state index in [9.17, 15) is 18.0 Å². The maximum absolute atomic E-state index is 13.1. The highest BCUT2D eigenvalue weighted by Gasteiger charge is 2.19. The minimum atomic E-state index is -4.01. The number of sulfonamides is 1. The van der Waals surface area contributed by atoms with Gasteiger partial charge in [-0.1, -0.05) is 77.3 Å². The third kappa shape index (κ3) is 6.98. The molecule has 1 amide bonds. The van der Waals surface area contributed by atoms with E-state index < -0.39 is 21.9 Å². The third-order valence-corrected chi connectivity index (χ3v) is 8.37. The van der Waals surface area contributed by atoms with Gasteiger partial charge in [0.2, 0.25) is 0 Å². The smallest absolute Gasteiger partial charge is 0.345 e. The average Bonchev–Trinajstić information content (AvgIpc) is 2.98. The Morgan fingerprint density at radius 2 is 1.47 bits per heavy atom. The number of hydrazone groups is 1. The molecule has 5 aromatic carbocycles. The molecule has 216 valence electrons. The number of benzene rings is 5. The molecule has 0 aliphatic rings. The number of amides is 1. The first-order valence-electron chi connectivity index (χ1n) is 12.5. The SMILES string of the molecule is O=C(Oc1ccc2ccccc2c1/C=N\NC(=O)c1ccccc1NS(=O)(=O)c1ccc(Cl)cc1)c1ccc(Cl)cc1Cl. The highest BCUT2D eigenvalue weighted by atomic mass is 35.5. The van der Waals surface area contributed by atoms with Crippen molar-refractivity contribution in [3.05, 3.63) is 135 Å². The van der Waals surface area contributed by atoms with Crippen molar-refractivity contribution < 1.29 is 22.7 Å². The molecular formula is C31H20Cl3N3O5S. The summed E-state index contributed by atoms with van der Waals surface area (Å²) in [5.74, 6) is -1.22. The molecule has 0 radical (unpaired) electrons. The van der Waals surface area contributed by atoms with Crippen molar-refractivity contribution in [3.8, 4) is 5.75 Å². The summed E-state index contributed by atoms with van der Waals surface area (Å²) in [4.78, 5) is 26.0. The molecule has 12 heteroatoms. The Bertz CT molecular complexity index is 2000. The van der Waals surface area contributed by atoms with E-state index in [1.54, 1.807) is 24.3 Å². The Hall–Kier alpha value is -4.41. The van der Waals surface area contributed by atoms with E-state index in [0.717, 1.165) is 5.39 Å². The number of nitrogens with zero attached hydrogens (tertiary/aromatic N) is 1. The Balaban J connectivity index is 1.40. The first-order chi connectivity index (χ1) is 20.6. The molecule has 2 N–H and O–H groups in total. The number of ether oxygens (including phenoxy) is 1. The van der Waals surface area contributed by atoms with Crippen molar-refractivity contribution in [1.82, 2.24) is 5.43 Å². The number of carbonyl (C=O) groups excluding carboxylic acids is 2. The second-order valence-electron chi connectivity index (χ2n) is 9.02. The van der Waals surface area contributed by atoms with Crippen molar-refractivity contribution in [3.63, 3.8) is 0 Å². The van der Waals surface area contributed by atoms with E-state index in [-0.39, 0.29) is 32.5 Å². The molecule has 0 aliphatic carbocycles. The lowest BCUT2D eigenvalue weighted by atomic mass is 10.0. The second-order valence-corrected chi connectivity index (χ2v) is 12.0. The maximum atomic E-state index is 13.1. The average molecular weight is 653 g/mol. The Labute approximate surface area is 261 Å². The number of esters is 1. The Kier molecular flexibility index (Phi) is 8.98. The van der Waals surface area contributed by atoms with Crippen molar-refractivity contribution in [2.45, 2.75) is 4.90 Å². The van der Waals surface area contributed by atoms with Crippen LogP contribution in [0.2, 0.25) is 15.1 Å². The molecule has 43 heavy (non-hydrogen) atoms. The van der Waals surface area contributed by atoms with Crippen LogP contribution in [0.1, 0.15) is 26.3 Å². The minimum absolute atomic E-state index is 0.0250. The van der Waals surface area contributed by atoms with Gasteiger partial charge in [-0.2, -0.15) is 5.10 Å². The highest BCUT2D eigenvalue weighted by Crippen LogP contribution is 2.29. The number of rotatable bonds is 8. The lowest BCUT2D eigenvalue weighted by Gasteiger charge is -2.12. The normalized spacial score (nSPS) is 11.4. The summed E-state index contributed by atoms with van der Waals surface area (Å²) in [6, 6.07) is 26.8. The predicted molar refractivity (Wildman–Crippen MR) is 169 cm³/mol. The lowest BCUT2D eigenvalue weighted by molar-refractivity contribution is 0.0734. The van der Waals surface area contributed by atoms with Crippen molar-refractivity contribution in [2.75, 3.05) is 4.72 Å². The zero-order chi connectivity index (χ0) is 30.6. The number of halogens is 3. The molecule has 0 heterocycles. The van der Waals surface area contributed by atoms with Crippen molar-refractivity contribution in [1.29, 1.82) is 0 Å². The fraction of sp³-hybridized carbons (Fsp3) is 0. The number of hydrogen-bond acceptors (Lipinski definition) is 6. The summed E-state index contributed by atoms with van der Waals surface area (Å²) in [5.41, 5.74) is 3.02. The quantitative estimate of drug-likeness (QED) is 0.0776. The van der Waals surface area contributed by atoms with Gasteiger partial charge >= 0.3 is 5.97 Å². The number of carbonyl (C=O) groups is 2. The molecule has 0 fully saturated rings. The van der Waals surface area contributed by atoms with E-state index in [4.69, 9.17) is 39.5 Å². The van der Waals surface area contributed by atoms with Crippen LogP contribution in [-0.2, 0) is 10.0 Å². The summed E-state index contributed by atoms with van der Waals surface area (Å²) in [6.07, 6.45) is 1.34. The van der Waals surface area contributed by atoms with Crippen molar-refractivity contribution in [2.24, 2.45) is 5.10 Å². The zero-order valence-corrected chi connectivity index (χ0v) is 25.0. The molecule has 5 aromatic rings. The molecular weight excluding hydrogens is 633 g/mol. The largest absolute Gasteiger partial charge is 0.422 e. The first kappa shape index (κ1) is 30.1. The predicted octanol–water partition coefficient (Wildman–Crippen LogP) is 7.58. The van der Waals surface area contributed by atoms with Crippen LogP contribution in [0.5, 0.6) is 5.75 Å². The summed E-state index contributed by atoms with van der Waals surface area (Å²) >= 11 is 18.0. The maximum Gasteiger partial charge on any atom is 0.345 e. The van der Waals surface area contributed by atoms with Crippen LogP contribution in [0.25, 0.3) is 10.8 Å². The lowest BCUT2D eigenvalue weighted by Crippen LogP contribution is -2.21. The van der Waals surface area contributed by atoms with Gasteiger partial charge in [-0.15, -0.1) is 0 Å². The molecule has 0 spiro atoms. The van der Waals surface area contributed by atoms with Gasteiger partial charge in [0, 0.05) is 15.6 Å². The summed E-state index contributed by atoms with van der Waals surface area (Å²) in [5, 5.41) is 6.51. The number of para-hydroxylation sites is 1. The number of fused-ring (bicyclic) bond motifs is 1. The Morgan fingerprint density at radius 1 is 0.767 bits per heavy atom. The topological polar surface area (TPSA) is 114 Å². The molecule has 0 unspecified atom stereocenters. The number of nitrogens with one attached hydrogen (secondary N) is 2. The van der Waals surface area contributed by atoms with Crippen molar-refractivity contribution >= 4 is 79.4 Å². The van der Waals surface area contributed by atoms with E-state index in [0.29, 0.717) is 21.0 Å². The molecule has 0 aromatic heterocycles. The van der Waals surface area contributed by atoms with E-state index >= 15 is 0 Å². The standard InChI is InChI=1S/C31H20Cl3N3O5S/c32-20-10-13-22(14-11-20)43(40,41)37-28-8-4-3-7-25(28)30(38)36-35-18-26-23-6-2-1-5-19(23)9-16-29(26)42-31(39)24-15-12-21(33)17-27(24)34/h1-18,37H,(H,36,38)/b35-18-. The monoisotopic (exact) mass is 651 g/mol. The van der Waals surface area contributed by atoms with Gasteiger partial charge < -0.3 is 4.74 Å². The van der Waals surface area contributed by atoms with Gasteiger partial charge in [-0.25, -0.2) is 18.6 Å². The molecule has 0 atom stereocenters. The van der Waals surface area contributed by atoms with Gasteiger partial charge in [0.1, 0.15) is 5.75 Å². The van der Waals surface area contributed by atoms with Gasteiger partial charge in [0.05, 0.1) is 32.9 Å². The van der Waals surface area contributed by atoms with Crippen LogP contribution in [0.15, 0.2) is 113 Å². The molecule has 0 aliphatic heterocycles. The van der Waals surface area contributed by atoms with Crippen LogP contribution < -0.4 is 14.9 Å². The molecule has 5 rings (SSSR count). The van der Waals surface area contributed by atoms with Gasteiger partial charge in [0.25, 0.3) is 15.9 Å². The van der Waals surface area contributed by atoms with E-state index in [1.165, 1.54) is 60.8 Å². The van der Waals surface area contributed by atoms with Crippen LogP contribution in [0.3, 0.4) is 0 Å². The van der Waals surface area contributed by atoms with Gasteiger partial charge in [-0.05, 0) is 71.4 Å². The minimum Gasteiger partial charge on any atom is -0.422 e. The van der Waals surface area contributed by atoms with Crippen LogP contribution in [-0.4, -0.2) is 26.5 Å². The van der Waals surface area contributed by atoms with Crippen LogP contribution in [0, 0.1) is 0 Å². The summed E-state index contributed by atoms with van der Waals surface area (Å²) in [7, 11) is -4.01. The van der Waals surface area contributed by atoms with E-state index in [2.05, 4.69) is 15.2 Å². The molecule has 0 saturated heterocycles. The molecule has 0 bridgehead atoms. The summed E-state index contributed by atoms with van der Waals surface area (Å²) < 4.78 is 33.9. The van der Waals surface area contributed by atoms with Crippen LogP contribution in [0.4, 0.5) is 5.69 Å². The number of anilines is 1. The zero-order valence-electron chi connectivity index (χ0n) is 21.9.